The van der Waals surface area contributed by atoms with E-state index < -0.39 is 18.0 Å². The summed E-state index contributed by atoms with van der Waals surface area (Å²) in [5.74, 6) is -0.636. The highest BCUT2D eigenvalue weighted by molar-refractivity contribution is 6.04. The number of aromatic nitrogens is 2. The van der Waals surface area contributed by atoms with Crippen LogP contribution in [0.15, 0.2) is 54.6 Å². The molecular weight excluding hydrogens is 427 g/mol. The predicted molar refractivity (Wildman–Crippen MR) is 113 cm³/mol. The van der Waals surface area contributed by atoms with Gasteiger partial charge in [0.15, 0.2) is 0 Å². The lowest BCUT2D eigenvalue weighted by Crippen LogP contribution is -2.17. The third-order valence-corrected chi connectivity index (χ3v) is 4.10. The maximum Gasteiger partial charge on any atom is 0.573 e. The van der Waals surface area contributed by atoms with Crippen molar-refractivity contribution in [2.75, 3.05) is 29.5 Å². The number of benzene rings is 2. The zero-order valence-electron chi connectivity index (χ0n) is 16.7. The molecule has 1 heterocycles. The summed E-state index contributed by atoms with van der Waals surface area (Å²) in [4.78, 5) is 21.1. The Morgan fingerprint density at radius 3 is 2.59 bits per heavy atom. The molecule has 2 aromatic carbocycles. The van der Waals surface area contributed by atoms with E-state index in [1.54, 1.807) is 24.3 Å². The van der Waals surface area contributed by atoms with Gasteiger partial charge in [0, 0.05) is 36.0 Å². The Hall–Kier alpha value is -3.86. The number of nitrogens with one attached hydrogen (secondary N) is 2. The van der Waals surface area contributed by atoms with Gasteiger partial charge < -0.3 is 26.2 Å². The minimum absolute atomic E-state index is 0.0530. The molecular formula is C21H20F3N5O3. The zero-order chi connectivity index (χ0) is 23.1. The molecule has 32 heavy (non-hydrogen) atoms. The lowest BCUT2D eigenvalue weighted by atomic mass is 10.1. The van der Waals surface area contributed by atoms with Crippen LogP contribution in [0.1, 0.15) is 16.8 Å². The Bertz CT molecular complexity index is 1090. The van der Waals surface area contributed by atoms with Crippen LogP contribution in [0.2, 0.25) is 0 Å². The average molecular weight is 447 g/mol. The SMILES string of the molecule is Nc1cccc(C(=O)Nc2cc(-c3cccc(OC(F)(F)F)c3)nc(NCCCO)n2)c1. The number of nitrogens with zero attached hydrogens (tertiary/aromatic N) is 2. The van der Waals surface area contributed by atoms with Crippen LogP contribution in [0.4, 0.5) is 30.6 Å². The summed E-state index contributed by atoms with van der Waals surface area (Å²) in [6, 6.07) is 13.0. The molecule has 1 amide bonds. The topological polar surface area (TPSA) is 122 Å². The molecule has 0 aliphatic carbocycles. The van der Waals surface area contributed by atoms with Crippen molar-refractivity contribution in [2.45, 2.75) is 12.8 Å². The molecule has 1 aromatic heterocycles. The van der Waals surface area contributed by atoms with Crippen LogP contribution in [-0.2, 0) is 0 Å². The molecule has 8 nitrogen and oxygen atoms in total. The first-order valence-corrected chi connectivity index (χ1v) is 9.50. The fraction of sp³-hybridized carbons (Fsp3) is 0.190. The number of amides is 1. The number of carbonyl (C=O) groups excluding carboxylic acids is 1. The Kier molecular flexibility index (Phi) is 7.11. The van der Waals surface area contributed by atoms with Gasteiger partial charge in [-0.25, -0.2) is 4.98 Å². The van der Waals surface area contributed by atoms with Crippen LogP contribution in [0.3, 0.4) is 0 Å². The maximum atomic E-state index is 12.6. The predicted octanol–water partition coefficient (Wildman–Crippen LogP) is 3.67. The maximum absolute atomic E-state index is 12.6. The number of ether oxygens (including phenoxy) is 1. The van der Waals surface area contributed by atoms with Gasteiger partial charge in [0.05, 0.1) is 5.69 Å². The summed E-state index contributed by atoms with van der Waals surface area (Å²) in [5.41, 5.74) is 7.00. The molecule has 0 radical (unpaired) electrons. The first-order valence-electron chi connectivity index (χ1n) is 9.50. The van der Waals surface area contributed by atoms with Crippen LogP contribution in [-0.4, -0.2) is 40.5 Å². The first-order chi connectivity index (χ1) is 15.2. The van der Waals surface area contributed by atoms with Crippen LogP contribution in [0.5, 0.6) is 5.75 Å². The molecule has 0 saturated heterocycles. The number of anilines is 3. The lowest BCUT2D eigenvalue weighted by molar-refractivity contribution is -0.274. The minimum Gasteiger partial charge on any atom is -0.406 e. The molecule has 0 spiro atoms. The number of nitrogens with two attached hydrogens (primary N) is 1. The van der Waals surface area contributed by atoms with Gasteiger partial charge in [-0.15, -0.1) is 13.2 Å². The van der Waals surface area contributed by atoms with E-state index in [4.69, 9.17) is 10.8 Å². The quantitative estimate of drug-likeness (QED) is 0.307. The lowest BCUT2D eigenvalue weighted by Gasteiger charge is -2.12. The summed E-state index contributed by atoms with van der Waals surface area (Å²) in [5, 5.41) is 14.5. The summed E-state index contributed by atoms with van der Waals surface area (Å²) >= 11 is 0. The summed E-state index contributed by atoms with van der Waals surface area (Å²) < 4.78 is 41.7. The summed E-state index contributed by atoms with van der Waals surface area (Å²) in [6.07, 6.45) is -4.41. The summed E-state index contributed by atoms with van der Waals surface area (Å²) in [7, 11) is 0. The number of alkyl halides is 3. The number of nitrogen functional groups attached to an aromatic ring is 1. The van der Waals surface area contributed by atoms with E-state index in [-0.39, 0.29) is 24.1 Å². The fourth-order valence-corrected chi connectivity index (χ4v) is 2.74. The van der Waals surface area contributed by atoms with Crippen LogP contribution in [0.25, 0.3) is 11.3 Å². The van der Waals surface area contributed by atoms with E-state index in [2.05, 4.69) is 25.3 Å². The highest BCUT2D eigenvalue weighted by Gasteiger charge is 2.31. The number of hydrogen-bond donors (Lipinski definition) is 4. The van der Waals surface area contributed by atoms with Gasteiger partial charge in [-0.3, -0.25) is 4.79 Å². The number of aliphatic hydroxyl groups excluding tert-OH is 1. The highest BCUT2D eigenvalue weighted by Crippen LogP contribution is 2.28. The van der Waals surface area contributed by atoms with Gasteiger partial charge in [0.2, 0.25) is 5.95 Å². The van der Waals surface area contributed by atoms with Gasteiger partial charge in [-0.2, -0.15) is 4.98 Å². The normalized spacial score (nSPS) is 11.1. The molecule has 11 heteroatoms. The van der Waals surface area contributed by atoms with E-state index in [1.165, 1.54) is 30.3 Å². The second-order valence-electron chi connectivity index (χ2n) is 6.62. The van der Waals surface area contributed by atoms with E-state index in [1.807, 2.05) is 0 Å². The molecule has 3 rings (SSSR count). The van der Waals surface area contributed by atoms with Gasteiger partial charge in [-0.1, -0.05) is 18.2 Å². The number of halogens is 3. The molecule has 5 N–H and O–H groups in total. The highest BCUT2D eigenvalue weighted by atomic mass is 19.4. The largest absolute Gasteiger partial charge is 0.573 e. The van der Waals surface area contributed by atoms with Crippen LogP contribution in [0, 0.1) is 0 Å². The van der Waals surface area contributed by atoms with E-state index >= 15 is 0 Å². The van der Waals surface area contributed by atoms with Crippen molar-refractivity contribution in [3.63, 3.8) is 0 Å². The number of aliphatic hydroxyl groups is 1. The second-order valence-corrected chi connectivity index (χ2v) is 6.62. The Morgan fingerprint density at radius 2 is 1.88 bits per heavy atom. The zero-order valence-corrected chi connectivity index (χ0v) is 16.7. The fourth-order valence-electron chi connectivity index (χ4n) is 2.74. The summed E-state index contributed by atoms with van der Waals surface area (Å²) in [6.45, 7) is 0.294. The molecule has 168 valence electrons. The standard InChI is InChI=1S/C21H20F3N5O3/c22-21(23,24)32-16-7-2-4-13(11-16)17-12-18(29-20(27-17)26-8-3-9-30)28-19(31)14-5-1-6-15(25)10-14/h1-2,4-7,10-12,30H,3,8-9,25H2,(H2,26,27,28,29,31). The molecule has 0 aliphatic heterocycles. The number of hydrogen-bond acceptors (Lipinski definition) is 7. The molecule has 0 aliphatic rings. The van der Waals surface area contributed by atoms with Crippen molar-refractivity contribution in [1.82, 2.24) is 9.97 Å². The van der Waals surface area contributed by atoms with E-state index in [0.717, 1.165) is 0 Å². The van der Waals surface area contributed by atoms with Crippen LogP contribution < -0.4 is 21.1 Å². The number of rotatable bonds is 8. The van der Waals surface area contributed by atoms with Crippen molar-refractivity contribution in [3.05, 3.63) is 60.2 Å². The monoisotopic (exact) mass is 447 g/mol. The Morgan fingerprint density at radius 1 is 1.09 bits per heavy atom. The molecule has 0 atom stereocenters. The van der Waals surface area contributed by atoms with Crippen molar-refractivity contribution in [2.24, 2.45) is 0 Å². The van der Waals surface area contributed by atoms with Crippen LogP contribution >= 0.6 is 0 Å². The smallest absolute Gasteiger partial charge is 0.406 e. The first kappa shape index (κ1) is 22.8. The molecule has 0 bridgehead atoms. The van der Waals surface area contributed by atoms with Crippen molar-refractivity contribution in [3.8, 4) is 17.0 Å². The van der Waals surface area contributed by atoms with Gasteiger partial charge >= 0.3 is 6.36 Å². The van der Waals surface area contributed by atoms with Crippen molar-refractivity contribution >= 4 is 23.4 Å². The number of carbonyl (C=O) groups is 1. The van der Waals surface area contributed by atoms with E-state index in [0.29, 0.717) is 29.8 Å². The van der Waals surface area contributed by atoms with Gasteiger partial charge in [0.1, 0.15) is 11.6 Å². The molecule has 3 aromatic rings. The molecule has 0 unspecified atom stereocenters. The minimum atomic E-state index is -4.84. The van der Waals surface area contributed by atoms with Crippen molar-refractivity contribution in [1.29, 1.82) is 0 Å². The Balaban J connectivity index is 1.92. The van der Waals surface area contributed by atoms with Crippen molar-refractivity contribution < 1.29 is 27.8 Å². The third-order valence-electron chi connectivity index (χ3n) is 4.10. The van der Waals surface area contributed by atoms with Gasteiger partial charge in [-0.05, 0) is 36.8 Å². The third kappa shape index (κ3) is 6.57. The van der Waals surface area contributed by atoms with E-state index in [9.17, 15) is 18.0 Å². The molecule has 0 fully saturated rings. The average Bonchev–Trinajstić information content (AvgIpc) is 2.73. The Labute approximate surface area is 181 Å². The van der Waals surface area contributed by atoms with Gasteiger partial charge in [0.25, 0.3) is 5.91 Å². The second kappa shape index (κ2) is 9.96. The molecule has 0 saturated carbocycles.